The predicted molar refractivity (Wildman–Crippen MR) is 72.5 cm³/mol. The Balaban J connectivity index is 2.71. The largest absolute Gasteiger partial charge is 0.496 e. The standard InChI is InChI=1S/C12H10Br2O2/c1-15-11-5-8-6-12(16-2)10(14)4-7(8)3-9(11)13/h3-6H,1-2H3. The third kappa shape index (κ3) is 2.04. The summed E-state index contributed by atoms with van der Waals surface area (Å²) in [6, 6.07) is 8.01. The SMILES string of the molecule is COc1cc2cc(OC)c(Br)cc2cc1Br. The molecule has 2 nitrogen and oxygen atoms in total. The highest BCUT2D eigenvalue weighted by Crippen LogP contribution is 2.35. The quantitative estimate of drug-likeness (QED) is 0.804. The van der Waals surface area contributed by atoms with E-state index >= 15 is 0 Å². The van der Waals surface area contributed by atoms with Gasteiger partial charge in [0.05, 0.1) is 23.2 Å². The third-order valence-electron chi connectivity index (χ3n) is 2.38. The molecule has 0 saturated heterocycles. The number of hydrogen-bond donors (Lipinski definition) is 0. The van der Waals surface area contributed by atoms with Crippen LogP contribution in [0.25, 0.3) is 10.8 Å². The molecule has 0 aliphatic carbocycles. The first kappa shape index (κ1) is 11.7. The lowest BCUT2D eigenvalue weighted by atomic mass is 10.1. The van der Waals surface area contributed by atoms with Crippen LogP contribution in [-0.4, -0.2) is 14.2 Å². The lowest BCUT2D eigenvalue weighted by Crippen LogP contribution is -1.87. The van der Waals surface area contributed by atoms with Gasteiger partial charge in [0.2, 0.25) is 0 Å². The number of benzene rings is 2. The van der Waals surface area contributed by atoms with Crippen molar-refractivity contribution < 1.29 is 9.47 Å². The Labute approximate surface area is 111 Å². The summed E-state index contributed by atoms with van der Waals surface area (Å²) in [5, 5.41) is 2.21. The molecule has 0 fully saturated rings. The third-order valence-corrected chi connectivity index (χ3v) is 3.62. The first-order valence-electron chi connectivity index (χ1n) is 4.66. The Bertz CT molecular complexity index is 493. The Hall–Kier alpha value is -0.740. The van der Waals surface area contributed by atoms with E-state index in [-0.39, 0.29) is 0 Å². The van der Waals surface area contributed by atoms with Crippen LogP contribution in [-0.2, 0) is 0 Å². The number of rotatable bonds is 2. The van der Waals surface area contributed by atoms with Crippen LogP contribution in [0.1, 0.15) is 0 Å². The van der Waals surface area contributed by atoms with Crippen molar-refractivity contribution in [2.45, 2.75) is 0 Å². The van der Waals surface area contributed by atoms with Crippen molar-refractivity contribution in [1.82, 2.24) is 0 Å². The van der Waals surface area contributed by atoms with Gasteiger partial charge in [0.15, 0.2) is 0 Å². The van der Waals surface area contributed by atoms with Gasteiger partial charge in [0.1, 0.15) is 11.5 Å². The van der Waals surface area contributed by atoms with E-state index in [0.29, 0.717) is 0 Å². The number of ether oxygens (including phenoxy) is 2. The van der Waals surface area contributed by atoms with Crippen LogP contribution in [0.15, 0.2) is 33.2 Å². The topological polar surface area (TPSA) is 18.5 Å². The zero-order chi connectivity index (χ0) is 11.7. The normalized spacial score (nSPS) is 10.5. The summed E-state index contributed by atoms with van der Waals surface area (Å²) in [4.78, 5) is 0. The molecule has 84 valence electrons. The van der Waals surface area contributed by atoms with E-state index in [1.165, 1.54) is 0 Å². The fourth-order valence-electron chi connectivity index (χ4n) is 1.57. The van der Waals surface area contributed by atoms with Gasteiger partial charge < -0.3 is 9.47 Å². The van der Waals surface area contributed by atoms with Crippen LogP contribution in [0.4, 0.5) is 0 Å². The van der Waals surface area contributed by atoms with Gasteiger partial charge in [-0.25, -0.2) is 0 Å². The minimum atomic E-state index is 0.817. The van der Waals surface area contributed by atoms with E-state index in [1.807, 2.05) is 24.3 Å². The van der Waals surface area contributed by atoms with Crippen molar-refractivity contribution in [2.24, 2.45) is 0 Å². The summed E-state index contributed by atoms with van der Waals surface area (Å²) in [5.74, 6) is 1.63. The van der Waals surface area contributed by atoms with E-state index in [1.54, 1.807) is 14.2 Å². The maximum Gasteiger partial charge on any atom is 0.133 e. The molecule has 0 aromatic heterocycles. The predicted octanol–water partition coefficient (Wildman–Crippen LogP) is 4.38. The molecule has 2 rings (SSSR count). The van der Waals surface area contributed by atoms with Gasteiger partial charge in [0.25, 0.3) is 0 Å². The number of hydrogen-bond acceptors (Lipinski definition) is 2. The minimum Gasteiger partial charge on any atom is -0.496 e. The second-order valence-electron chi connectivity index (χ2n) is 3.32. The van der Waals surface area contributed by atoms with Crippen LogP contribution in [0.3, 0.4) is 0 Å². The van der Waals surface area contributed by atoms with Crippen LogP contribution >= 0.6 is 31.9 Å². The first-order chi connectivity index (χ1) is 7.65. The summed E-state index contributed by atoms with van der Waals surface area (Å²) in [6.07, 6.45) is 0. The molecular weight excluding hydrogens is 336 g/mol. The second kappa shape index (κ2) is 4.63. The summed E-state index contributed by atoms with van der Waals surface area (Å²) in [7, 11) is 3.31. The molecule has 0 unspecified atom stereocenters. The van der Waals surface area contributed by atoms with Gasteiger partial charge in [-0.05, 0) is 66.9 Å². The van der Waals surface area contributed by atoms with Crippen LogP contribution in [0, 0.1) is 0 Å². The molecule has 0 atom stereocenters. The molecule has 0 heterocycles. The van der Waals surface area contributed by atoms with E-state index in [2.05, 4.69) is 31.9 Å². The van der Waals surface area contributed by atoms with Gasteiger partial charge >= 0.3 is 0 Å². The average molecular weight is 346 g/mol. The molecule has 2 aromatic rings. The van der Waals surface area contributed by atoms with Crippen molar-refractivity contribution in [3.63, 3.8) is 0 Å². The van der Waals surface area contributed by atoms with Crippen molar-refractivity contribution in [1.29, 1.82) is 0 Å². The fraction of sp³-hybridized carbons (Fsp3) is 0.167. The molecule has 0 radical (unpaired) electrons. The highest BCUT2D eigenvalue weighted by molar-refractivity contribution is 9.11. The van der Waals surface area contributed by atoms with Crippen molar-refractivity contribution in [3.8, 4) is 11.5 Å². The van der Waals surface area contributed by atoms with Crippen molar-refractivity contribution in [3.05, 3.63) is 33.2 Å². The molecule has 0 bridgehead atoms. The van der Waals surface area contributed by atoms with Gasteiger partial charge in [-0.3, -0.25) is 0 Å². The Kier molecular flexibility index (Phi) is 3.40. The highest BCUT2D eigenvalue weighted by atomic mass is 79.9. The van der Waals surface area contributed by atoms with Gasteiger partial charge in [-0.1, -0.05) is 0 Å². The summed E-state index contributed by atoms with van der Waals surface area (Å²) in [5.41, 5.74) is 0. The number of methoxy groups -OCH3 is 2. The Morgan fingerprint density at radius 2 is 1.12 bits per heavy atom. The summed E-state index contributed by atoms with van der Waals surface area (Å²) >= 11 is 6.93. The number of fused-ring (bicyclic) bond motifs is 1. The molecule has 16 heavy (non-hydrogen) atoms. The smallest absolute Gasteiger partial charge is 0.133 e. The minimum absolute atomic E-state index is 0.817. The molecule has 0 amide bonds. The van der Waals surface area contributed by atoms with Crippen LogP contribution in [0.2, 0.25) is 0 Å². The molecule has 4 heteroatoms. The maximum absolute atomic E-state index is 5.26. The fourth-order valence-corrected chi connectivity index (χ4v) is 2.61. The molecule has 0 spiro atoms. The zero-order valence-corrected chi connectivity index (χ0v) is 12.1. The van der Waals surface area contributed by atoms with Crippen molar-refractivity contribution in [2.75, 3.05) is 14.2 Å². The van der Waals surface area contributed by atoms with Crippen LogP contribution < -0.4 is 9.47 Å². The van der Waals surface area contributed by atoms with Gasteiger partial charge in [-0.15, -0.1) is 0 Å². The average Bonchev–Trinajstić information content (AvgIpc) is 2.27. The molecule has 0 N–H and O–H groups in total. The molecule has 0 saturated carbocycles. The summed E-state index contributed by atoms with van der Waals surface area (Å²) < 4.78 is 12.4. The number of halogens is 2. The van der Waals surface area contributed by atoms with E-state index in [0.717, 1.165) is 31.2 Å². The first-order valence-corrected chi connectivity index (χ1v) is 6.25. The van der Waals surface area contributed by atoms with Gasteiger partial charge in [-0.2, -0.15) is 0 Å². The van der Waals surface area contributed by atoms with E-state index < -0.39 is 0 Å². The van der Waals surface area contributed by atoms with E-state index in [4.69, 9.17) is 9.47 Å². The lowest BCUT2D eigenvalue weighted by Gasteiger charge is -2.08. The lowest BCUT2D eigenvalue weighted by molar-refractivity contribution is 0.411. The van der Waals surface area contributed by atoms with Crippen molar-refractivity contribution >= 4 is 42.6 Å². The molecule has 0 aliphatic rings. The second-order valence-corrected chi connectivity index (χ2v) is 5.03. The Morgan fingerprint density at radius 3 is 1.50 bits per heavy atom. The van der Waals surface area contributed by atoms with E-state index in [9.17, 15) is 0 Å². The Morgan fingerprint density at radius 1 is 0.750 bits per heavy atom. The molecule has 2 aromatic carbocycles. The highest BCUT2D eigenvalue weighted by Gasteiger charge is 2.07. The maximum atomic E-state index is 5.26. The zero-order valence-electron chi connectivity index (χ0n) is 8.88. The van der Waals surface area contributed by atoms with Gasteiger partial charge in [0, 0.05) is 0 Å². The van der Waals surface area contributed by atoms with Crippen LogP contribution in [0.5, 0.6) is 11.5 Å². The molecule has 0 aliphatic heterocycles. The monoisotopic (exact) mass is 344 g/mol. The molecular formula is C12H10Br2O2. The summed E-state index contributed by atoms with van der Waals surface area (Å²) in [6.45, 7) is 0.